The molecule has 0 aromatic carbocycles. The summed E-state index contributed by atoms with van der Waals surface area (Å²) in [5.74, 6) is 0. The summed E-state index contributed by atoms with van der Waals surface area (Å²) < 4.78 is 0. The Kier molecular flexibility index (Phi) is 2.29. The van der Waals surface area contributed by atoms with Gasteiger partial charge in [-0.2, -0.15) is 0 Å². The molecule has 1 aromatic heterocycles. The molecule has 0 radical (unpaired) electrons. The van der Waals surface area contributed by atoms with Crippen LogP contribution in [0.25, 0.3) is 0 Å². The van der Waals surface area contributed by atoms with E-state index in [4.69, 9.17) is 11.6 Å². The highest BCUT2D eigenvalue weighted by molar-refractivity contribution is 6.30. The van der Waals surface area contributed by atoms with Crippen LogP contribution in [-0.4, -0.2) is 17.8 Å². The molecule has 0 saturated heterocycles. The van der Waals surface area contributed by atoms with Crippen LogP contribution in [0.3, 0.4) is 0 Å². The van der Waals surface area contributed by atoms with Crippen LogP contribution < -0.4 is 5.32 Å². The summed E-state index contributed by atoms with van der Waals surface area (Å²) in [5.41, 5.74) is 1.96. The van der Waals surface area contributed by atoms with Gasteiger partial charge in [-0.25, -0.2) is 4.98 Å². The number of fused-ring (bicyclic) bond motifs is 1. The maximum atomic E-state index is 10.7. The van der Waals surface area contributed by atoms with Crippen LogP contribution in [0.2, 0.25) is 5.15 Å². The van der Waals surface area contributed by atoms with E-state index in [0.29, 0.717) is 5.15 Å². The van der Waals surface area contributed by atoms with E-state index < -0.39 is 0 Å². The summed E-state index contributed by atoms with van der Waals surface area (Å²) in [6.45, 7) is 0.816. The number of nitrogens with zero attached hydrogens (tertiary/aromatic N) is 1. The first-order chi connectivity index (χ1) is 6.33. The smallest absolute Gasteiger partial charge is 0.141 e. The van der Waals surface area contributed by atoms with E-state index in [1.54, 1.807) is 6.20 Å². The Labute approximate surface area is 81.1 Å². The van der Waals surface area contributed by atoms with Gasteiger partial charge >= 0.3 is 0 Å². The lowest BCUT2D eigenvalue weighted by molar-refractivity contribution is -0.109. The lowest BCUT2D eigenvalue weighted by atomic mass is 9.97. The van der Waals surface area contributed by atoms with Crippen molar-refractivity contribution in [2.24, 2.45) is 0 Å². The van der Waals surface area contributed by atoms with Gasteiger partial charge in [0, 0.05) is 18.3 Å². The van der Waals surface area contributed by atoms with E-state index in [0.717, 1.165) is 30.4 Å². The fourth-order valence-corrected chi connectivity index (χ4v) is 1.91. The molecule has 0 fully saturated rings. The second kappa shape index (κ2) is 3.44. The number of carbonyl (C=O) groups is 1. The van der Waals surface area contributed by atoms with Crippen molar-refractivity contribution in [3.8, 4) is 0 Å². The maximum absolute atomic E-state index is 10.7. The van der Waals surface area contributed by atoms with Gasteiger partial charge in [0.25, 0.3) is 0 Å². The molecule has 3 nitrogen and oxygen atoms in total. The Bertz CT molecular complexity index is 340. The number of nitrogens with one attached hydrogen (secondary N) is 1. The first-order valence-corrected chi connectivity index (χ1v) is 4.52. The molecule has 1 N–H and O–H groups in total. The molecule has 0 spiro atoms. The van der Waals surface area contributed by atoms with E-state index in [9.17, 15) is 4.79 Å². The SMILES string of the molecule is O=CC1NCCc2ccnc(Cl)c21. The molecule has 4 heteroatoms. The third-order valence-electron chi connectivity index (χ3n) is 2.24. The van der Waals surface area contributed by atoms with E-state index in [1.807, 2.05) is 6.07 Å². The van der Waals surface area contributed by atoms with Crippen molar-refractivity contribution in [3.63, 3.8) is 0 Å². The van der Waals surface area contributed by atoms with Crippen LogP contribution in [0.4, 0.5) is 0 Å². The average molecular weight is 197 g/mol. The molecular formula is C9H9ClN2O. The zero-order valence-corrected chi connectivity index (χ0v) is 7.71. The summed E-state index contributed by atoms with van der Waals surface area (Å²) in [4.78, 5) is 14.7. The molecule has 0 saturated carbocycles. The molecular weight excluding hydrogens is 188 g/mol. The molecule has 1 unspecified atom stereocenters. The van der Waals surface area contributed by atoms with Crippen molar-refractivity contribution < 1.29 is 4.79 Å². The molecule has 1 aromatic rings. The highest BCUT2D eigenvalue weighted by Gasteiger charge is 2.21. The van der Waals surface area contributed by atoms with E-state index in [-0.39, 0.29) is 6.04 Å². The summed E-state index contributed by atoms with van der Waals surface area (Å²) in [6.07, 6.45) is 3.45. The summed E-state index contributed by atoms with van der Waals surface area (Å²) in [5, 5.41) is 3.51. The van der Waals surface area contributed by atoms with Crippen LogP contribution in [0.5, 0.6) is 0 Å². The molecule has 68 valence electrons. The van der Waals surface area contributed by atoms with Gasteiger partial charge in [-0.1, -0.05) is 11.6 Å². The maximum Gasteiger partial charge on any atom is 0.141 e. The van der Waals surface area contributed by atoms with Gasteiger partial charge in [0.05, 0.1) is 6.04 Å². The van der Waals surface area contributed by atoms with E-state index in [1.165, 1.54) is 0 Å². The van der Waals surface area contributed by atoms with Crippen molar-refractivity contribution in [1.82, 2.24) is 10.3 Å². The van der Waals surface area contributed by atoms with Crippen LogP contribution >= 0.6 is 11.6 Å². The van der Waals surface area contributed by atoms with Crippen LogP contribution in [0.1, 0.15) is 17.2 Å². The van der Waals surface area contributed by atoms with E-state index in [2.05, 4.69) is 10.3 Å². The minimum absolute atomic E-state index is 0.287. The number of carbonyl (C=O) groups excluding carboxylic acids is 1. The first-order valence-electron chi connectivity index (χ1n) is 4.15. The number of hydrogen-bond donors (Lipinski definition) is 1. The third-order valence-corrected chi connectivity index (χ3v) is 2.54. The second-order valence-corrected chi connectivity index (χ2v) is 3.35. The van der Waals surface area contributed by atoms with Crippen molar-refractivity contribution in [1.29, 1.82) is 0 Å². The fourth-order valence-electron chi connectivity index (χ4n) is 1.61. The zero-order valence-electron chi connectivity index (χ0n) is 6.96. The van der Waals surface area contributed by atoms with Crippen molar-refractivity contribution in [2.45, 2.75) is 12.5 Å². The zero-order chi connectivity index (χ0) is 9.26. The summed E-state index contributed by atoms with van der Waals surface area (Å²) in [6, 6.07) is 1.63. The van der Waals surface area contributed by atoms with Crippen LogP contribution in [0.15, 0.2) is 12.3 Å². The Hall–Kier alpha value is -0.930. The van der Waals surface area contributed by atoms with Gasteiger partial charge < -0.3 is 10.1 Å². The normalized spacial score (nSPS) is 20.8. The molecule has 2 rings (SSSR count). The average Bonchev–Trinajstić information content (AvgIpc) is 2.17. The van der Waals surface area contributed by atoms with Crippen molar-refractivity contribution in [2.75, 3.05) is 6.54 Å². The molecule has 0 amide bonds. The highest BCUT2D eigenvalue weighted by Crippen LogP contribution is 2.26. The molecule has 0 aliphatic carbocycles. The van der Waals surface area contributed by atoms with Gasteiger partial charge in [0.15, 0.2) is 0 Å². The van der Waals surface area contributed by atoms with E-state index >= 15 is 0 Å². The molecule has 0 bridgehead atoms. The van der Waals surface area contributed by atoms with Gasteiger partial charge in [-0.05, 0) is 18.1 Å². The standard InChI is InChI=1S/C9H9ClN2O/c10-9-8-6(2-4-12-9)1-3-11-7(8)5-13/h2,4-5,7,11H,1,3H2. The highest BCUT2D eigenvalue weighted by atomic mass is 35.5. The number of aromatic nitrogens is 1. The van der Waals surface area contributed by atoms with Crippen LogP contribution in [-0.2, 0) is 11.2 Å². The fraction of sp³-hybridized carbons (Fsp3) is 0.333. The monoisotopic (exact) mass is 196 g/mol. The number of halogens is 1. The van der Waals surface area contributed by atoms with Gasteiger partial charge in [-0.15, -0.1) is 0 Å². The number of aldehydes is 1. The number of rotatable bonds is 1. The van der Waals surface area contributed by atoms with Gasteiger partial charge in [0.1, 0.15) is 11.4 Å². The van der Waals surface area contributed by atoms with Crippen molar-refractivity contribution >= 4 is 17.9 Å². The first kappa shape index (κ1) is 8.66. The minimum Gasteiger partial charge on any atom is -0.304 e. The predicted molar refractivity (Wildman–Crippen MR) is 49.8 cm³/mol. The molecule has 13 heavy (non-hydrogen) atoms. The van der Waals surface area contributed by atoms with Gasteiger partial charge in [-0.3, -0.25) is 0 Å². The molecule has 1 aliphatic rings. The molecule has 2 heterocycles. The summed E-state index contributed by atoms with van der Waals surface area (Å²) >= 11 is 5.91. The van der Waals surface area contributed by atoms with Crippen LogP contribution in [0, 0.1) is 0 Å². The Balaban J connectivity index is 2.53. The number of hydrogen-bond acceptors (Lipinski definition) is 3. The largest absolute Gasteiger partial charge is 0.304 e. The molecule has 1 atom stereocenters. The summed E-state index contributed by atoms with van der Waals surface area (Å²) in [7, 11) is 0. The topological polar surface area (TPSA) is 42.0 Å². The Morgan fingerprint density at radius 3 is 3.31 bits per heavy atom. The Morgan fingerprint density at radius 1 is 1.69 bits per heavy atom. The number of pyridine rings is 1. The van der Waals surface area contributed by atoms with Crippen molar-refractivity contribution in [3.05, 3.63) is 28.5 Å². The van der Waals surface area contributed by atoms with Gasteiger partial charge in [0.2, 0.25) is 0 Å². The lowest BCUT2D eigenvalue weighted by Gasteiger charge is -2.22. The Morgan fingerprint density at radius 2 is 2.54 bits per heavy atom. The predicted octanol–water partition coefficient (Wildman–Crippen LogP) is 1.12. The second-order valence-electron chi connectivity index (χ2n) is 2.99. The molecule has 1 aliphatic heterocycles. The third kappa shape index (κ3) is 1.45. The lowest BCUT2D eigenvalue weighted by Crippen LogP contribution is -2.31. The minimum atomic E-state index is -0.287. The quantitative estimate of drug-likeness (QED) is 0.541.